The number of carbonyl (C=O) groups excluding carboxylic acids is 1. The summed E-state index contributed by atoms with van der Waals surface area (Å²) in [5, 5.41) is 8.17. The first-order chi connectivity index (χ1) is 11.1. The lowest BCUT2D eigenvalue weighted by molar-refractivity contribution is -0.118. The largest absolute Gasteiger partial charge is 0.415 e. The second-order valence-corrected chi connectivity index (χ2v) is 7.70. The Labute approximate surface area is 144 Å². The number of anilines is 1. The summed E-state index contributed by atoms with van der Waals surface area (Å²) in [6.45, 7) is 3.97. The molecule has 7 heteroatoms. The zero-order valence-corrected chi connectivity index (χ0v) is 15.0. The summed E-state index contributed by atoms with van der Waals surface area (Å²) in [6.07, 6.45) is 2.88. The van der Waals surface area contributed by atoms with Gasteiger partial charge in [0.1, 0.15) is 0 Å². The molecule has 0 bridgehead atoms. The number of amides is 1. The molecule has 23 heavy (non-hydrogen) atoms. The average Bonchev–Trinajstić information content (AvgIpc) is 3.10. The lowest BCUT2D eigenvalue weighted by atomic mass is 10.1. The summed E-state index contributed by atoms with van der Waals surface area (Å²) >= 11 is 2.95. The van der Waals surface area contributed by atoms with Gasteiger partial charge >= 0.3 is 0 Å². The van der Waals surface area contributed by atoms with E-state index in [-0.39, 0.29) is 17.2 Å². The third-order valence-corrected chi connectivity index (χ3v) is 5.24. The molecule has 0 N–H and O–H groups in total. The molecule has 122 valence electrons. The maximum Gasteiger partial charge on any atom is 0.277 e. The Morgan fingerprint density at radius 3 is 3.00 bits per heavy atom. The van der Waals surface area contributed by atoms with Crippen LogP contribution in [-0.2, 0) is 17.0 Å². The standard InChI is InChI=1S/C16H19N3O2S2/c1-10-8-12-6-4-5-7-13(12)19(10)15(20)11(2)23-16-18-17-14(21-16)9-22-3/h4-7,10-11H,8-9H2,1-3H3/t10-,11-/m0/s1. The fraction of sp³-hybridized carbons (Fsp3) is 0.438. The molecular formula is C16H19N3O2S2. The minimum absolute atomic E-state index is 0.0806. The van der Waals surface area contributed by atoms with Crippen LogP contribution in [-0.4, -0.2) is 33.7 Å². The topological polar surface area (TPSA) is 59.2 Å². The van der Waals surface area contributed by atoms with E-state index in [0.29, 0.717) is 16.9 Å². The van der Waals surface area contributed by atoms with Crippen LogP contribution in [0.5, 0.6) is 0 Å². The molecule has 0 spiro atoms. The van der Waals surface area contributed by atoms with Crippen molar-refractivity contribution in [3.63, 3.8) is 0 Å². The van der Waals surface area contributed by atoms with Crippen LogP contribution in [0.1, 0.15) is 25.3 Å². The summed E-state index contributed by atoms with van der Waals surface area (Å²) in [7, 11) is 0. The molecule has 1 amide bonds. The number of carbonyl (C=O) groups is 1. The number of para-hydroxylation sites is 1. The monoisotopic (exact) mass is 349 g/mol. The predicted molar refractivity (Wildman–Crippen MR) is 93.9 cm³/mol. The molecule has 0 fully saturated rings. The SMILES string of the molecule is CSCc1nnc(S[C@@H](C)C(=O)N2c3ccccc3C[C@@H]2C)o1. The number of hydrogen-bond donors (Lipinski definition) is 0. The van der Waals surface area contributed by atoms with E-state index < -0.39 is 0 Å². The van der Waals surface area contributed by atoms with Crippen molar-refractivity contribution < 1.29 is 9.21 Å². The molecule has 0 radical (unpaired) electrons. The van der Waals surface area contributed by atoms with E-state index in [0.717, 1.165) is 12.1 Å². The first-order valence-electron chi connectivity index (χ1n) is 7.49. The van der Waals surface area contributed by atoms with Crippen LogP contribution in [0.15, 0.2) is 33.9 Å². The molecule has 0 aliphatic carbocycles. The Morgan fingerprint density at radius 1 is 1.43 bits per heavy atom. The van der Waals surface area contributed by atoms with Crippen LogP contribution < -0.4 is 4.90 Å². The van der Waals surface area contributed by atoms with Crippen molar-refractivity contribution in [2.75, 3.05) is 11.2 Å². The molecule has 2 aromatic rings. The van der Waals surface area contributed by atoms with Crippen molar-refractivity contribution in [3.8, 4) is 0 Å². The zero-order chi connectivity index (χ0) is 16.4. The van der Waals surface area contributed by atoms with Gasteiger partial charge in [-0.3, -0.25) is 4.79 Å². The molecule has 1 aliphatic rings. The van der Waals surface area contributed by atoms with Gasteiger partial charge in [-0.15, -0.1) is 10.2 Å². The molecule has 1 aromatic heterocycles. The van der Waals surface area contributed by atoms with Crippen LogP contribution in [0.2, 0.25) is 0 Å². The van der Waals surface area contributed by atoms with Crippen molar-refractivity contribution in [1.29, 1.82) is 0 Å². The average molecular weight is 349 g/mol. The molecule has 0 saturated heterocycles. The number of nitrogens with zero attached hydrogens (tertiary/aromatic N) is 3. The van der Waals surface area contributed by atoms with Gasteiger partial charge in [0.25, 0.3) is 5.22 Å². The summed E-state index contributed by atoms with van der Waals surface area (Å²) in [6, 6.07) is 8.27. The second-order valence-electron chi connectivity index (χ2n) is 5.54. The van der Waals surface area contributed by atoms with Crippen LogP contribution in [0.25, 0.3) is 0 Å². The number of fused-ring (bicyclic) bond motifs is 1. The molecule has 1 aliphatic heterocycles. The molecule has 3 rings (SSSR count). The van der Waals surface area contributed by atoms with Gasteiger partial charge in [0.15, 0.2) is 0 Å². The Morgan fingerprint density at radius 2 is 2.22 bits per heavy atom. The van der Waals surface area contributed by atoms with Gasteiger partial charge in [-0.25, -0.2) is 0 Å². The number of aromatic nitrogens is 2. The van der Waals surface area contributed by atoms with E-state index in [4.69, 9.17) is 4.42 Å². The highest BCUT2D eigenvalue weighted by atomic mass is 32.2. The molecule has 2 heterocycles. The van der Waals surface area contributed by atoms with E-state index in [1.807, 2.05) is 36.3 Å². The van der Waals surface area contributed by atoms with E-state index in [9.17, 15) is 4.79 Å². The van der Waals surface area contributed by atoms with Crippen molar-refractivity contribution in [1.82, 2.24) is 10.2 Å². The first-order valence-corrected chi connectivity index (χ1v) is 9.76. The summed E-state index contributed by atoms with van der Waals surface area (Å²) in [5.41, 5.74) is 2.25. The minimum atomic E-state index is -0.272. The second kappa shape index (κ2) is 6.97. The fourth-order valence-corrected chi connectivity index (χ4v) is 3.88. The van der Waals surface area contributed by atoms with Crippen molar-refractivity contribution in [3.05, 3.63) is 35.7 Å². The van der Waals surface area contributed by atoms with Gasteiger partial charge in [0, 0.05) is 11.7 Å². The third kappa shape index (κ3) is 3.40. The Balaban J connectivity index is 1.72. The van der Waals surface area contributed by atoms with Crippen LogP contribution in [0.4, 0.5) is 5.69 Å². The quantitative estimate of drug-likeness (QED) is 0.771. The summed E-state index contributed by atoms with van der Waals surface area (Å²) < 4.78 is 5.55. The molecular weight excluding hydrogens is 330 g/mol. The lowest BCUT2D eigenvalue weighted by Crippen LogP contribution is -2.40. The van der Waals surface area contributed by atoms with Crippen molar-refractivity contribution in [2.24, 2.45) is 0 Å². The molecule has 1 aromatic carbocycles. The van der Waals surface area contributed by atoms with E-state index >= 15 is 0 Å². The molecule has 5 nitrogen and oxygen atoms in total. The highest BCUT2D eigenvalue weighted by Crippen LogP contribution is 2.34. The first kappa shape index (κ1) is 16.4. The third-order valence-electron chi connectivity index (χ3n) is 3.79. The number of benzene rings is 1. The number of thioether (sulfide) groups is 2. The number of rotatable bonds is 5. The molecule has 0 unspecified atom stereocenters. The Bertz CT molecular complexity index is 704. The van der Waals surface area contributed by atoms with Gasteiger partial charge in [0.05, 0.1) is 11.0 Å². The molecule has 2 atom stereocenters. The van der Waals surface area contributed by atoms with E-state index in [2.05, 4.69) is 23.2 Å². The van der Waals surface area contributed by atoms with Crippen molar-refractivity contribution in [2.45, 2.75) is 42.5 Å². The van der Waals surface area contributed by atoms with E-state index in [1.54, 1.807) is 11.8 Å². The fourth-order valence-electron chi connectivity index (χ4n) is 2.77. The van der Waals surface area contributed by atoms with Crippen LogP contribution >= 0.6 is 23.5 Å². The van der Waals surface area contributed by atoms with Crippen LogP contribution in [0, 0.1) is 0 Å². The van der Waals surface area contributed by atoms with Gasteiger partial charge in [-0.05, 0) is 38.2 Å². The minimum Gasteiger partial charge on any atom is -0.415 e. The molecule has 0 saturated carbocycles. The maximum absolute atomic E-state index is 12.9. The normalized spacial score (nSPS) is 18.0. The lowest BCUT2D eigenvalue weighted by Gasteiger charge is -2.25. The van der Waals surface area contributed by atoms with Gasteiger partial charge in [-0.1, -0.05) is 30.0 Å². The number of hydrogen-bond acceptors (Lipinski definition) is 6. The van der Waals surface area contributed by atoms with E-state index in [1.165, 1.54) is 17.3 Å². The highest BCUT2D eigenvalue weighted by molar-refractivity contribution is 8.00. The Hall–Kier alpha value is -1.47. The van der Waals surface area contributed by atoms with Crippen LogP contribution in [0.3, 0.4) is 0 Å². The van der Waals surface area contributed by atoms with Gasteiger partial charge in [0.2, 0.25) is 11.8 Å². The predicted octanol–water partition coefficient (Wildman–Crippen LogP) is 3.39. The zero-order valence-electron chi connectivity index (χ0n) is 13.4. The summed E-state index contributed by atoms with van der Waals surface area (Å²) in [4.78, 5) is 14.8. The highest BCUT2D eigenvalue weighted by Gasteiger charge is 2.33. The van der Waals surface area contributed by atoms with Gasteiger partial charge < -0.3 is 9.32 Å². The van der Waals surface area contributed by atoms with Gasteiger partial charge in [-0.2, -0.15) is 11.8 Å². The maximum atomic E-state index is 12.9. The summed E-state index contributed by atoms with van der Waals surface area (Å²) in [5.74, 6) is 1.36. The smallest absolute Gasteiger partial charge is 0.277 e. The Kier molecular flexibility index (Phi) is 4.96. The van der Waals surface area contributed by atoms with Crippen molar-refractivity contribution >= 4 is 35.1 Å².